The summed E-state index contributed by atoms with van der Waals surface area (Å²) in [6.07, 6.45) is 5.30. The van der Waals surface area contributed by atoms with E-state index in [-0.39, 0.29) is 11.8 Å². The van der Waals surface area contributed by atoms with E-state index in [0.29, 0.717) is 0 Å². The lowest BCUT2D eigenvalue weighted by Gasteiger charge is -2.41. The SMILES string of the molecule is O=C(OO)[C@](c1ccccc1)(C1CCCC1)[C@@H]1CCNC1. The number of benzene rings is 1. The molecule has 2 N–H and O–H groups in total. The second-order valence-electron chi connectivity index (χ2n) is 6.28. The van der Waals surface area contributed by atoms with Gasteiger partial charge in [0.05, 0.1) is 0 Å². The highest BCUT2D eigenvalue weighted by Gasteiger charge is 2.55. The fraction of sp³-hybridized carbons (Fsp3) is 0.588. The first-order valence-electron chi connectivity index (χ1n) is 7.92. The summed E-state index contributed by atoms with van der Waals surface area (Å²) >= 11 is 0. The van der Waals surface area contributed by atoms with Gasteiger partial charge in [0, 0.05) is 0 Å². The van der Waals surface area contributed by atoms with Gasteiger partial charge in [0.2, 0.25) is 0 Å². The summed E-state index contributed by atoms with van der Waals surface area (Å²) in [7, 11) is 0. The van der Waals surface area contributed by atoms with E-state index in [9.17, 15) is 10.1 Å². The third-order valence-electron chi connectivity index (χ3n) is 5.38. The molecule has 114 valence electrons. The Morgan fingerprint density at radius 2 is 1.86 bits per heavy atom. The van der Waals surface area contributed by atoms with Crippen molar-refractivity contribution in [2.75, 3.05) is 13.1 Å². The van der Waals surface area contributed by atoms with Crippen LogP contribution >= 0.6 is 0 Å². The van der Waals surface area contributed by atoms with Crippen LogP contribution in [0.15, 0.2) is 30.3 Å². The number of hydrogen-bond donors (Lipinski definition) is 2. The molecular weight excluding hydrogens is 266 g/mol. The molecule has 1 saturated heterocycles. The van der Waals surface area contributed by atoms with E-state index in [1.54, 1.807) is 0 Å². The number of rotatable bonds is 4. The first-order valence-corrected chi connectivity index (χ1v) is 7.92. The van der Waals surface area contributed by atoms with Gasteiger partial charge in [-0.25, -0.2) is 4.79 Å². The second-order valence-corrected chi connectivity index (χ2v) is 6.28. The summed E-state index contributed by atoms with van der Waals surface area (Å²) in [4.78, 5) is 17.0. The van der Waals surface area contributed by atoms with E-state index >= 15 is 0 Å². The predicted molar refractivity (Wildman–Crippen MR) is 79.8 cm³/mol. The molecule has 2 atom stereocenters. The van der Waals surface area contributed by atoms with Gasteiger partial charge in [0.1, 0.15) is 5.41 Å². The molecule has 0 unspecified atom stereocenters. The van der Waals surface area contributed by atoms with E-state index in [2.05, 4.69) is 10.2 Å². The lowest BCUT2D eigenvalue weighted by atomic mass is 9.61. The van der Waals surface area contributed by atoms with Gasteiger partial charge in [-0.05, 0) is 49.8 Å². The van der Waals surface area contributed by atoms with E-state index in [1.165, 1.54) is 0 Å². The van der Waals surface area contributed by atoms with Crippen molar-refractivity contribution in [3.05, 3.63) is 35.9 Å². The summed E-state index contributed by atoms with van der Waals surface area (Å²) in [5.41, 5.74) is 0.278. The first kappa shape index (κ1) is 14.5. The number of hydrogen-bond acceptors (Lipinski definition) is 4. The summed E-state index contributed by atoms with van der Waals surface area (Å²) in [5, 5.41) is 12.5. The van der Waals surface area contributed by atoms with Crippen molar-refractivity contribution in [1.82, 2.24) is 5.32 Å². The van der Waals surface area contributed by atoms with Crippen LogP contribution < -0.4 is 5.32 Å². The topological polar surface area (TPSA) is 58.6 Å². The molecular formula is C17H23NO3. The minimum atomic E-state index is -0.712. The summed E-state index contributed by atoms with van der Waals surface area (Å²) in [6, 6.07) is 9.90. The monoisotopic (exact) mass is 289 g/mol. The molecule has 1 aromatic carbocycles. The fourth-order valence-electron chi connectivity index (χ4n) is 4.47. The van der Waals surface area contributed by atoms with Crippen LogP contribution in [0.2, 0.25) is 0 Å². The Morgan fingerprint density at radius 1 is 1.14 bits per heavy atom. The van der Waals surface area contributed by atoms with E-state index < -0.39 is 11.4 Å². The van der Waals surface area contributed by atoms with Crippen LogP contribution in [-0.4, -0.2) is 24.3 Å². The molecule has 1 aromatic rings. The molecule has 2 fully saturated rings. The molecule has 0 amide bonds. The number of carbonyl (C=O) groups excluding carboxylic acids is 1. The first-order chi connectivity index (χ1) is 10.3. The van der Waals surface area contributed by atoms with Crippen molar-refractivity contribution in [3.63, 3.8) is 0 Å². The Hall–Kier alpha value is -1.39. The van der Waals surface area contributed by atoms with Crippen molar-refractivity contribution >= 4 is 5.97 Å². The molecule has 4 heteroatoms. The molecule has 0 spiro atoms. The second kappa shape index (κ2) is 6.16. The van der Waals surface area contributed by atoms with Gasteiger partial charge >= 0.3 is 5.97 Å². The Bertz CT molecular complexity index is 460. The minimum absolute atomic E-state index is 0.183. The standard InChI is InChI=1S/C17H23NO3/c19-16(21-20)17(14-8-4-5-9-14,15-10-11-18-12-15)13-6-2-1-3-7-13/h1-3,6-7,14-15,18,20H,4-5,8-12H2/t15-,17-/m1/s1. The smallest absolute Gasteiger partial charge is 0.316 e. The molecule has 3 rings (SSSR count). The average Bonchev–Trinajstić information content (AvgIpc) is 3.23. The van der Waals surface area contributed by atoms with Crippen LogP contribution in [0.25, 0.3) is 0 Å². The molecule has 1 saturated carbocycles. The maximum atomic E-state index is 12.7. The largest absolute Gasteiger partial charge is 0.353 e. The van der Waals surface area contributed by atoms with Crippen molar-refractivity contribution < 1.29 is 14.9 Å². The molecule has 1 heterocycles. The lowest BCUT2D eigenvalue weighted by molar-refractivity contribution is -0.245. The van der Waals surface area contributed by atoms with Crippen LogP contribution in [0.4, 0.5) is 0 Å². The predicted octanol–water partition coefficient (Wildman–Crippen LogP) is 2.74. The third kappa shape index (κ3) is 2.36. The molecule has 2 aliphatic rings. The average molecular weight is 289 g/mol. The van der Waals surface area contributed by atoms with Gasteiger partial charge < -0.3 is 5.32 Å². The van der Waals surface area contributed by atoms with Gasteiger partial charge in [0.25, 0.3) is 0 Å². The lowest BCUT2D eigenvalue weighted by Crippen LogP contribution is -2.50. The van der Waals surface area contributed by atoms with Crippen molar-refractivity contribution in [2.24, 2.45) is 11.8 Å². The van der Waals surface area contributed by atoms with Crippen LogP contribution in [-0.2, 0) is 15.1 Å². The molecule has 1 aliphatic carbocycles. The Kier molecular flexibility index (Phi) is 4.27. The molecule has 0 aromatic heterocycles. The van der Waals surface area contributed by atoms with Crippen molar-refractivity contribution in [2.45, 2.75) is 37.5 Å². The zero-order valence-electron chi connectivity index (χ0n) is 12.3. The molecule has 0 bridgehead atoms. The zero-order valence-corrected chi connectivity index (χ0v) is 12.3. The summed E-state index contributed by atoms with van der Waals surface area (Å²) in [6.45, 7) is 1.73. The third-order valence-corrected chi connectivity index (χ3v) is 5.38. The maximum absolute atomic E-state index is 12.7. The van der Waals surface area contributed by atoms with Crippen molar-refractivity contribution in [1.29, 1.82) is 0 Å². The van der Waals surface area contributed by atoms with Gasteiger partial charge in [-0.1, -0.05) is 43.2 Å². The summed E-state index contributed by atoms with van der Waals surface area (Å²) in [5.74, 6) is -0.0404. The van der Waals surface area contributed by atoms with Gasteiger partial charge in [-0.15, -0.1) is 0 Å². The number of carbonyl (C=O) groups is 1. The Balaban J connectivity index is 2.11. The summed E-state index contributed by atoms with van der Waals surface area (Å²) < 4.78 is 0. The van der Waals surface area contributed by atoms with Gasteiger partial charge in [-0.3, -0.25) is 4.89 Å². The molecule has 4 nitrogen and oxygen atoms in total. The Labute approximate surface area is 125 Å². The normalized spacial score (nSPS) is 25.7. The minimum Gasteiger partial charge on any atom is -0.316 e. The molecule has 0 radical (unpaired) electrons. The Morgan fingerprint density at radius 3 is 2.43 bits per heavy atom. The fourth-order valence-corrected chi connectivity index (χ4v) is 4.47. The zero-order chi connectivity index (χ0) is 14.7. The van der Waals surface area contributed by atoms with Crippen molar-refractivity contribution in [3.8, 4) is 0 Å². The highest BCUT2D eigenvalue weighted by molar-refractivity contribution is 5.84. The highest BCUT2D eigenvalue weighted by Crippen LogP contribution is 2.49. The van der Waals surface area contributed by atoms with Crippen LogP contribution in [0.1, 0.15) is 37.7 Å². The molecule has 1 aliphatic heterocycles. The number of nitrogens with one attached hydrogen (secondary N) is 1. The van der Waals surface area contributed by atoms with Gasteiger partial charge in [0.15, 0.2) is 0 Å². The van der Waals surface area contributed by atoms with E-state index in [1.807, 2.05) is 30.3 Å². The maximum Gasteiger partial charge on any atom is 0.353 e. The van der Waals surface area contributed by atoms with E-state index in [4.69, 9.17) is 0 Å². The highest BCUT2D eigenvalue weighted by atomic mass is 17.1. The van der Waals surface area contributed by atoms with Crippen LogP contribution in [0.5, 0.6) is 0 Å². The van der Waals surface area contributed by atoms with E-state index in [0.717, 1.165) is 50.8 Å². The van der Waals surface area contributed by atoms with Gasteiger partial charge in [-0.2, -0.15) is 5.26 Å². The van der Waals surface area contributed by atoms with Crippen LogP contribution in [0.3, 0.4) is 0 Å². The molecule has 21 heavy (non-hydrogen) atoms. The quantitative estimate of drug-likeness (QED) is 0.661. The van der Waals surface area contributed by atoms with Crippen LogP contribution in [0, 0.1) is 11.8 Å².